The number of hydrogen-bond acceptors (Lipinski definition) is 1. The van der Waals surface area contributed by atoms with Crippen LogP contribution in [0.15, 0.2) is 83.3 Å². The van der Waals surface area contributed by atoms with Crippen LogP contribution in [-0.2, 0) is 11.9 Å². The van der Waals surface area contributed by atoms with Gasteiger partial charge in [-0.2, -0.15) is 0 Å². The summed E-state index contributed by atoms with van der Waals surface area (Å²) >= 11 is 6.55. The van der Waals surface area contributed by atoms with Gasteiger partial charge in [0.2, 0.25) is 0 Å². The van der Waals surface area contributed by atoms with Crippen LogP contribution in [0.3, 0.4) is 0 Å². The summed E-state index contributed by atoms with van der Waals surface area (Å²) in [7, 11) is 0. The Hall–Kier alpha value is -1.65. The van der Waals surface area contributed by atoms with Crippen LogP contribution in [0.1, 0.15) is 11.1 Å². The maximum absolute atomic E-state index is 13.4. The minimum atomic E-state index is -0.356. The first-order valence-electron chi connectivity index (χ1n) is 7.40. The Bertz CT molecular complexity index is 733. The molecular formula is C20H17Br2FO. The normalized spacial score (nSPS) is 9.79. The SMILES string of the molecule is BrCc1ccccc1.Fc1cc(Br)ccc1OCc1ccccc1. The van der Waals surface area contributed by atoms with E-state index in [1.54, 1.807) is 12.1 Å². The minimum Gasteiger partial charge on any atom is -0.486 e. The Morgan fingerprint density at radius 3 is 1.88 bits per heavy atom. The molecule has 0 heterocycles. The summed E-state index contributed by atoms with van der Waals surface area (Å²) in [5.74, 6) is -0.0858. The molecule has 0 radical (unpaired) electrons. The number of halogens is 3. The van der Waals surface area contributed by atoms with Crippen molar-refractivity contribution in [3.05, 3.63) is 100 Å². The van der Waals surface area contributed by atoms with Crippen molar-refractivity contribution in [3.63, 3.8) is 0 Å². The lowest BCUT2D eigenvalue weighted by atomic mass is 10.2. The summed E-state index contributed by atoms with van der Waals surface area (Å²) in [6, 6.07) is 24.7. The van der Waals surface area contributed by atoms with Crippen LogP contribution in [0.4, 0.5) is 4.39 Å². The Balaban J connectivity index is 0.000000219. The first-order chi connectivity index (χ1) is 11.7. The monoisotopic (exact) mass is 450 g/mol. The lowest BCUT2D eigenvalue weighted by molar-refractivity contribution is 0.290. The zero-order valence-electron chi connectivity index (χ0n) is 13.0. The van der Waals surface area contributed by atoms with Crippen molar-refractivity contribution in [1.82, 2.24) is 0 Å². The van der Waals surface area contributed by atoms with E-state index in [0.717, 1.165) is 10.9 Å². The molecule has 0 unspecified atom stereocenters. The van der Waals surface area contributed by atoms with Gasteiger partial charge >= 0.3 is 0 Å². The van der Waals surface area contributed by atoms with E-state index in [9.17, 15) is 4.39 Å². The maximum atomic E-state index is 13.4. The average molecular weight is 452 g/mol. The Morgan fingerprint density at radius 2 is 1.38 bits per heavy atom. The van der Waals surface area contributed by atoms with E-state index in [2.05, 4.69) is 44.0 Å². The summed E-state index contributed by atoms with van der Waals surface area (Å²) in [6.07, 6.45) is 0. The van der Waals surface area contributed by atoms with Gasteiger partial charge in [0, 0.05) is 9.80 Å². The molecule has 0 atom stereocenters. The maximum Gasteiger partial charge on any atom is 0.166 e. The van der Waals surface area contributed by atoms with Gasteiger partial charge in [0.05, 0.1) is 0 Å². The molecule has 0 aliphatic heterocycles. The van der Waals surface area contributed by atoms with Crippen molar-refractivity contribution < 1.29 is 9.13 Å². The largest absolute Gasteiger partial charge is 0.486 e. The highest BCUT2D eigenvalue weighted by atomic mass is 79.9. The lowest BCUT2D eigenvalue weighted by Crippen LogP contribution is -1.96. The highest BCUT2D eigenvalue weighted by molar-refractivity contribution is 9.10. The standard InChI is InChI=1S/C13H10BrFO.C7H7Br/c14-11-6-7-13(12(15)8-11)16-9-10-4-2-1-3-5-10;8-6-7-4-2-1-3-5-7/h1-8H,9H2;1-5H,6H2. The first kappa shape index (κ1) is 18.7. The molecule has 0 saturated carbocycles. The Morgan fingerprint density at radius 1 is 0.792 bits per heavy atom. The van der Waals surface area contributed by atoms with Crippen molar-refractivity contribution >= 4 is 31.9 Å². The predicted molar refractivity (Wildman–Crippen MR) is 104 cm³/mol. The molecule has 0 amide bonds. The van der Waals surface area contributed by atoms with Crippen LogP contribution in [0.25, 0.3) is 0 Å². The lowest BCUT2D eigenvalue weighted by Gasteiger charge is -2.07. The van der Waals surface area contributed by atoms with E-state index in [1.165, 1.54) is 11.6 Å². The van der Waals surface area contributed by atoms with Crippen LogP contribution in [0.2, 0.25) is 0 Å². The number of ether oxygens (including phenoxy) is 1. The summed E-state index contributed by atoms with van der Waals surface area (Å²) in [4.78, 5) is 0. The second-order valence-corrected chi connectivity index (χ2v) is 6.44. The number of alkyl halides is 1. The molecule has 24 heavy (non-hydrogen) atoms. The smallest absolute Gasteiger partial charge is 0.166 e. The first-order valence-corrected chi connectivity index (χ1v) is 9.32. The number of rotatable bonds is 4. The highest BCUT2D eigenvalue weighted by Crippen LogP contribution is 2.22. The molecule has 1 nitrogen and oxygen atoms in total. The van der Waals surface area contributed by atoms with Gasteiger partial charge in [-0.3, -0.25) is 0 Å². The van der Waals surface area contributed by atoms with Crippen LogP contribution in [-0.4, -0.2) is 0 Å². The molecule has 0 saturated heterocycles. The fraction of sp³-hybridized carbons (Fsp3) is 0.100. The van der Waals surface area contributed by atoms with Gasteiger partial charge in [-0.05, 0) is 29.3 Å². The zero-order chi connectivity index (χ0) is 17.2. The molecule has 0 aromatic heterocycles. The third-order valence-electron chi connectivity index (χ3n) is 3.13. The molecule has 0 aliphatic carbocycles. The second kappa shape index (κ2) is 10.3. The highest BCUT2D eigenvalue weighted by Gasteiger charge is 2.03. The Labute approximate surface area is 158 Å². The molecule has 0 bridgehead atoms. The summed E-state index contributed by atoms with van der Waals surface area (Å²) < 4.78 is 19.5. The topological polar surface area (TPSA) is 9.23 Å². The summed E-state index contributed by atoms with van der Waals surface area (Å²) in [6.45, 7) is 0.374. The van der Waals surface area contributed by atoms with Crippen molar-refractivity contribution in [2.45, 2.75) is 11.9 Å². The van der Waals surface area contributed by atoms with Gasteiger partial charge in [-0.25, -0.2) is 4.39 Å². The predicted octanol–water partition coefficient (Wildman–Crippen LogP) is 6.75. The van der Waals surface area contributed by atoms with E-state index >= 15 is 0 Å². The molecule has 3 rings (SSSR count). The fourth-order valence-electron chi connectivity index (χ4n) is 1.89. The van der Waals surface area contributed by atoms with Gasteiger partial charge in [-0.15, -0.1) is 0 Å². The third-order valence-corrected chi connectivity index (χ3v) is 4.27. The van der Waals surface area contributed by atoms with Crippen LogP contribution >= 0.6 is 31.9 Å². The van der Waals surface area contributed by atoms with E-state index in [4.69, 9.17) is 4.74 Å². The van der Waals surface area contributed by atoms with Gasteiger partial charge < -0.3 is 4.74 Å². The summed E-state index contributed by atoms with van der Waals surface area (Å²) in [5.41, 5.74) is 2.34. The molecular weight excluding hydrogens is 435 g/mol. The van der Waals surface area contributed by atoms with Crippen molar-refractivity contribution in [2.75, 3.05) is 0 Å². The molecule has 4 heteroatoms. The molecule has 0 fully saturated rings. The van der Waals surface area contributed by atoms with Crippen molar-refractivity contribution in [1.29, 1.82) is 0 Å². The second-order valence-electron chi connectivity index (χ2n) is 4.97. The van der Waals surface area contributed by atoms with Crippen molar-refractivity contribution in [3.8, 4) is 5.75 Å². The van der Waals surface area contributed by atoms with Gasteiger partial charge in [-0.1, -0.05) is 92.5 Å². The third kappa shape index (κ3) is 6.46. The van der Waals surface area contributed by atoms with Crippen LogP contribution in [0.5, 0.6) is 5.75 Å². The van der Waals surface area contributed by atoms with Gasteiger partial charge in [0.25, 0.3) is 0 Å². The molecule has 124 valence electrons. The van der Waals surface area contributed by atoms with E-state index in [-0.39, 0.29) is 11.6 Å². The van der Waals surface area contributed by atoms with Crippen molar-refractivity contribution in [2.24, 2.45) is 0 Å². The van der Waals surface area contributed by atoms with Crippen LogP contribution < -0.4 is 4.74 Å². The molecule has 0 spiro atoms. The molecule has 3 aromatic rings. The van der Waals surface area contributed by atoms with Gasteiger partial charge in [0.1, 0.15) is 6.61 Å². The van der Waals surface area contributed by atoms with E-state index < -0.39 is 0 Å². The summed E-state index contributed by atoms with van der Waals surface area (Å²) in [5, 5.41) is 0.952. The number of benzene rings is 3. The van der Waals surface area contributed by atoms with Crippen LogP contribution in [0, 0.1) is 5.82 Å². The van der Waals surface area contributed by atoms with E-state index in [0.29, 0.717) is 11.1 Å². The quantitative estimate of drug-likeness (QED) is 0.398. The van der Waals surface area contributed by atoms with Gasteiger partial charge in [0.15, 0.2) is 11.6 Å². The molecule has 0 N–H and O–H groups in total. The minimum absolute atomic E-state index is 0.270. The number of hydrogen-bond donors (Lipinski definition) is 0. The average Bonchev–Trinajstić information content (AvgIpc) is 2.63. The zero-order valence-corrected chi connectivity index (χ0v) is 16.1. The van der Waals surface area contributed by atoms with E-state index in [1.807, 2.05) is 48.5 Å². The molecule has 0 aliphatic rings. The molecule has 3 aromatic carbocycles. The Kier molecular flexibility index (Phi) is 7.99. The fourth-order valence-corrected chi connectivity index (χ4v) is 2.60.